The minimum absolute atomic E-state index is 0.429. The van der Waals surface area contributed by atoms with Gasteiger partial charge in [0.15, 0.2) is 0 Å². The lowest BCUT2D eigenvalue weighted by molar-refractivity contribution is 0.294. The number of nitrogens with zero attached hydrogens (tertiary/aromatic N) is 3. The number of rotatable bonds is 7. The monoisotopic (exact) mass is 272 g/mol. The van der Waals surface area contributed by atoms with E-state index < -0.39 is 0 Å². The van der Waals surface area contributed by atoms with E-state index in [1.807, 2.05) is 31.3 Å². The lowest BCUT2D eigenvalue weighted by atomic mass is 10.2. The number of ether oxygens (including phenoxy) is 1. The van der Waals surface area contributed by atoms with E-state index in [4.69, 9.17) is 4.74 Å². The Morgan fingerprint density at radius 2 is 2.15 bits per heavy atom. The molecule has 2 heterocycles. The third-order valence-electron chi connectivity index (χ3n) is 2.94. The van der Waals surface area contributed by atoms with Crippen LogP contribution in [0.25, 0.3) is 0 Å². The molecule has 0 aromatic carbocycles. The maximum atomic E-state index is 5.57. The van der Waals surface area contributed by atoms with Crippen LogP contribution in [0.3, 0.4) is 0 Å². The average Bonchev–Trinajstić information content (AvgIpc) is 2.47. The first-order chi connectivity index (χ1) is 9.79. The summed E-state index contributed by atoms with van der Waals surface area (Å²) in [6.45, 7) is 6.30. The highest BCUT2D eigenvalue weighted by Gasteiger charge is 2.04. The number of nitrogens with one attached hydrogen (secondary N) is 1. The van der Waals surface area contributed by atoms with Crippen LogP contribution >= 0.6 is 0 Å². The number of pyridine rings is 1. The molecular formula is C15H20N4O. The van der Waals surface area contributed by atoms with Crippen LogP contribution in [0, 0.1) is 6.92 Å². The molecule has 1 N–H and O–H groups in total. The van der Waals surface area contributed by atoms with E-state index in [9.17, 15) is 0 Å². The highest BCUT2D eigenvalue weighted by atomic mass is 16.5. The SMILES string of the molecule is CCNCc1cnc(OCCc2ccccn2)nc1C. The molecule has 0 saturated carbocycles. The molecule has 2 aromatic rings. The number of aryl methyl sites for hydroxylation is 1. The first-order valence-corrected chi connectivity index (χ1v) is 6.85. The van der Waals surface area contributed by atoms with E-state index in [0.717, 1.165) is 36.5 Å². The van der Waals surface area contributed by atoms with Gasteiger partial charge in [-0.2, -0.15) is 0 Å². The van der Waals surface area contributed by atoms with Gasteiger partial charge in [-0.3, -0.25) is 4.98 Å². The molecule has 106 valence electrons. The normalized spacial score (nSPS) is 10.5. The highest BCUT2D eigenvalue weighted by molar-refractivity contribution is 5.17. The Balaban J connectivity index is 1.85. The summed E-state index contributed by atoms with van der Waals surface area (Å²) in [6.07, 6.45) is 4.36. The van der Waals surface area contributed by atoms with Gasteiger partial charge in [0.05, 0.1) is 6.61 Å². The fourth-order valence-corrected chi connectivity index (χ4v) is 1.77. The Labute approximate surface area is 119 Å². The first-order valence-electron chi connectivity index (χ1n) is 6.85. The number of aromatic nitrogens is 3. The van der Waals surface area contributed by atoms with Gasteiger partial charge < -0.3 is 10.1 Å². The van der Waals surface area contributed by atoms with Crippen molar-refractivity contribution in [2.24, 2.45) is 0 Å². The van der Waals surface area contributed by atoms with Crippen LogP contribution < -0.4 is 10.1 Å². The third kappa shape index (κ3) is 4.28. The second-order valence-electron chi connectivity index (χ2n) is 4.46. The topological polar surface area (TPSA) is 59.9 Å². The molecule has 5 heteroatoms. The van der Waals surface area contributed by atoms with E-state index in [1.54, 1.807) is 6.20 Å². The lowest BCUT2D eigenvalue weighted by Gasteiger charge is -2.08. The minimum atomic E-state index is 0.429. The summed E-state index contributed by atoms with van der Waals surface area (Å²) in [6, 6.07) is 6.28. The summed E-state index contributed by atoms with van der Waals surface area (Å²) in [5, 5.41) is 3.26. The van der Waals surface area contributed by atoms with Crippen molar-refractivity contribution in [2.75, 3.05) is 13.2 Å². The van der Waals surface area contributed by atoms with E-state index in [2.05, 4.69) is 27.2 Å². The Bertz CT molecular complexity index is 531. The Hall–Kier alpha value is -2.01. The summed E-state index contributed by atoms with van der Waals surface area (Å²) in [5.41, 5.74) is 3.06. The second kappa shape index (κ2) is 7.55. The standard InChI is InChI=1S/C15H20N4O/c1-3-16-10-13-11-18-15(19-12(13)2)20-9-7-14-6-4-5-8-17-14/h4-6,8,11,16H,3,7,9-10H2,1-2H3. The predicted molar refractivity (Wildman–Crippen MR) is 77.6 cm³/mol. The molecule has 0 aliphatic heterocycles. The van der Waals surface area contributed by atoms with Gasteiger partial charge in [0, 0.05) is 42.3 Å². The van der Waals surface area contributed by atoms with E-state index in [0.29, 0.717) is 12.6 Å². The van der Waals surface area contributed by atoms with Crippen molar-refractivity contribution in [3.05, 3.63) is 47.5 Å². The van der Waals surface area contributed by atoms with Crippen molar-refractivity contribution in [1.82, 2.24) is 20.3 Å². The zero-order chi connectivity index (χ0) is 14.2. The molecule has 0 atom stereocenters. The van der Waals surface area contributed by atoms with Gasteiger partial charge in [-0.25, -0.2) is 9.97 Å². The molecule has 2 aromatic heterocycles. The zero-order valence-electron chi connectivity index (χ0n) is 12.0. The highest BCUT2D eigenvalue weighted by Crippen LogP contribution is 2.09. The minimum Gasteiger partial charge on any atom is -0.463 e. The molecule has 0 spiro atoms. The average molecular weight is 272 g/mol. The van der Waals surface area contributed by atoms with E-state index in [-0.39, 0.29) is 0 Å². The molecule has 0 aliphatic carbocycles. The molecule has 0 aliphatic rings. The fraction of sp³-hybridized carbons (Fsp3) is 0.400. The summed E-state index contributed by atoms with van der Waals surface area (Å²) in [4.78, 5) is 12.8. The van der Waals surface area contributed by atoms with Gasteiger partial charge >= 0.3 is 6.01 Å². The molecular weight excluding hydrogens is 252 g/mol. The molecule has 0 radical (unpaired) electrons. The number of hydrogen-bond acceptors (Lipinski definition) is 5. The van der Waals surface area contributed by atoms with Crippen LogP contribution in [0.15, 0.2) is 30.6 Å². The molecule has 0 bridgehead atoms. The molecule has 0 amide bonds. The van der Waals surface area contributed by atoms with Crippen molar-refractivity contribution >= 4 is 0 Å². The van der Waals surface area contributed by atoms with Gasteiger partial charge in [0.1, 0.15) is 0 Å². The van der Waals surface area contributed by atoms with Gasteiger partial charge in [0.2, 0.25) is 0 Å². The maximum Gasteiger partial charge on any atom is 0.316 e. The zero-order valence-corrected chi connectivity index (χ0v) is 12.0. The Morgan fingerprint density at radius 1 is 1.25 bits per heavy atom. The van der Waals surface area contributed by atoms with Crippen molar-refractivity contribution < 1.29 is 4.74 Å². The third-order valence-corrected chi connectivity index (χ3v) is 2.94. The van der Waals surface area contributed by atoms with Crippen LogP contribution in [-0.2, 0) is 13.0 Å². The molecule has 0 unspecified atom stereocenters. The maximum absolute atomic E-state index is 5.57. The van der Waals surface area contributed by atoms with E-state index in [1.165, 1.54) is 0 Å². The van der Waals surface area contributed by atoms with Gasteiger partial charge in [-0.15, -0.1) is 0 Å². The van der Waals surface area contributed by atoms with Crippen LogP contribution in [-0.4, -0.2) is 28.1 Å². The van der Waals surface area contributed by atoms with Gasteiger partial charge in [-0.1, -0.05) is 13.0 Å². The summed E-state index contributed by atoms with van der Waals surface area (Å²) in [7, 11) is 0. The van der Waals surface area contributed by atoms with Gasteiger partial charge in [0.25, 0.3) is 0 Å². The Kier molecular flexibility index (Phi) is 5.43. The van der Waals surface area contributed by atoms with Crippen LogP contribution in [0.4, 0.5) is 0 Å². The summed E-state index contributed by atoms with van der Waals surface area (Å²) >= 11 is 0. The smallest absolute Gasteiger partial charge is 0.316 e. The summed E-state index contributed by atoms with van der Waals surface area (Å²) < 4.78 is 5.57. The Morgan fingerprint density at radius 3 is 2.85 bits per heavy atom. The van der Waals surface area contributed by atoms with E-state index >= 15 is 0 Å². The second-order valence-corrected chi connectivity index (χ2v) is 4.46. The molecule has 0 saturated heterocycles. The van der Waals surface area contributed by atoms with Crippen LogP contribution in [0.5, 0.6) is 6.01 Å². The quantitative estimate of drug-likeness (QED) is 0.834. The van der Waals surface area contributed by atoms with Crippen molar-refractivity contribution in [1.29, 1.82) is 0 Å². The number of hydrogen-bond donors (Lipinski definition) is 1. The molecule has 20 heavy (non-hydrogen) atoms. The predicted octanol–water partition coefficient (Wildman–Crippen LogP) is 1.91. The van der Waals surface area contributed by atoms with Crippen molar-refractivity contribution in [3.63, 3.8) is 0 Å². The molecule has 0 fully saturated rings. The first kappa shape index (κ1) is 14.4. The largest absolute Gasteiger partial charge is 0.463 e. The lowest BCUT2D eigenvalue weighted by Crippen LogP contribution is -2.14. The van der Waals surface area contributed by atoms with Crippen molar-refractivity contribution in [3.8, 4) is 6.01 Å². The fourth-order valence-electron chi connectivity index (χ4n) is 1.77. The van der Waals surface area contributed by atoms with Crippen LogP contribution in [0.2, 0.25) is 0 Å². The molecule has 5 nitrogen and oxygen atoms in total. The summed E-state index contributed by atoms with van der Waals surface area (Å²) in [5.74, 6) is 0. The van der Waals surface area contributed by atoms with Gasteiger partial charge in [-0.05, 0) is 25.6 Å². The van der Waals surface area contributed by atoms with Crippen molar-refractivity contribution in [2.45, 2.75) is 26.8 Å². The van der Waals surface area contributed by atoms with Crippen LogP contribution in [0.1, 0.15) is 23.9 Å². The molecule has 2 rings (SSSR count).